The highest BCUT2D eigenvalue weighted by Crippen LogP contribution is 2.26. The minimum atomic E-state index is -3.66. The summed E-state index contributed by atoms with van der Waals surface area (Å²) >= 11 is 0. The van der Waals surface area contributed by atoms with Crippen molar-refractivity contribution in [3.63, 3.8) is 0 Å². The lowest BCUT2D eigenvalue weighted by molar-refractivity contribution is -0.141. The molecule has 1 heterocycles. The maximum absolute atomic E-state index is 12.4. The van der Waals surface area contributed by atoms with E-state index < -0.39 is 22.0 Å². The molecule has 0 aromatic heterocycles. The van der Waals surface area contributed by atoms with Crippen molar-refractivity contribution in [2.45, 2.75) is 25.9 Å². The quantitative estimate of drug-likeness (QED) is 0.788. The van der Waals surface area contributed by atoms with Crippen LogP contribution in [0.25, 0.3) is 0 Å². The first-order valence-corrected chi connectivity index (χ1v) is 8.43. The number of hydrogen-bond donors (Lipinski definition) is 1. The Labute approximate surface area is 124 Å². The second kappa shape index (κ2) is 6.55. The first kappa shape index (κ1) is 15.9. The number of hydrogen-bond acceptors (Lipinski definition) is 4. The maximum atomic E-state index is 12.4. The van der Waals surface area contributed by atoms with Crippen LogP contribution in [0, 0.1) is 0 Å². The second-order valence-corrected chi connectivity index (χ2v) is 6.93. The number of sulfonamides is 1. The summed E-state index contributed by atoms with van der Waals surface area (Å²) in [7, 11) is -3.66. The lowest BCUT2D eigenvalue weighted by Gasteiger charge is -2.33. The lowest BCUT2D eigenvalue weighted by Crippen LogP contribution is -2.49. The molecule has 0 amide bonds. The zero-order valence-corrected chi connectivity index (χ0v) is 12.7. The van der Waals surface area contributed by atoms with Crippen LogP contribution in [0.3, 0.4) is 0 Å². The van der Waals surface area contributed by atoms with Crippen molar-refractivity contribution in [1.29, 1.82) is 0 Å². The van der Waals surface area contributed by atoms with Crippen LogP contribution in [0.15, 0.2) is 24.3 Å². The van der Waals surface area contributed by atoms with Gasteiger partial charge in [-0.05, 0) is 18.1 Å². The molecule has 21 heavy (non-hydrogen) atoms. The van der Waals surface area contributed by atoms with E-state index in [0.29, 0.717) is 6.61 Å². The number of aliphatic carboxylic acids is 1. The molecule has 116 valence electrons. The van der Waals surface area contributed by atoms with Gasteiger partial charge in [-0.25, -0.2) is 8.42 Å². The van der Waals surface area contributed by atoms with Crippen LogP contribution in [0.1, 0.15) is 18.1 Å². The van der Waals surface area contributed by atoms with Gasteiger partial charge in [-0.2, -0.15) is 4.31 Å². The number of rotatable bonds is 6. The topological polar surface area (TPSA) is 83.9 Å². The van der Waals surface area contributed by atoms with E-state index in [0.717, 1.165) is 15.4 Å². The predicted octanol–water partition coefficient (Wildman–Crippen LogP) is 0.864. The highest BCUT2D eigenvalue weighted by molar-refractivity contribution is 7.89. The summed E-state index contributed by atoms with van der Waals surface area (Å²) in [5.41, 5.74) is 1.75. The summed E-state index contributed by atoms with van der Waals surface area (Å²) in [6, 6.07) is 6.28. The molecular formula is C14H19NO5S. The normalized spacial score (nSPS) is 19.2. The van der Waals surface area contributed by atoms with Crippen LogP contribution in [-0.2, 0) is 32.5 Å². The molecule has 0 saturated carbocycles. The Morgan fingerprint density at radius 2 is 2.05 bits per heavy atom. The second-order valence-electron chi connectivity index (χ2n) is 4.89. The van der Waals surface area contributed by atoms with Crippen molar-refractivity contribution in [2.24, 2.45) is 0 Å². The number of benzene rings is 1. The number of nitrogens with zero attached hydrogens (tertiary/aromatic N) is 1. The Balaban J connectivity index is 2.26. The van der Waals surface area contributed by atoms with Crippen molar-refractivity contribution in [3.05, 3.63) is 35.4 Å². The van der Waals surface area contributed by atoms with Crippen LogP contribution in [0.5, 0.6) is 0 Å². The molecule has 1 aromatic rings. The molecule has 1 N–H and O–H groups in total. The van der Waals surface area contributed by atoms with E-state index in [-0.39, 0.29) is 25.3 Å². The average molecular weight is 313 g/mol. The monoisotopic (exact) mass is 313 g/mol. The zero-order valence-electron chi connectivity index (χ0n) is 11.9. The molecule has 1 atom stereocenters. The molecule has 0 unspecified atom stereocenters. The number of fused-ring (bicyclic) bond motifs is 1. The smallest absolute Gasteiger partial charge is 0.322 e. The summed E-state index contributed by atoms with van der Waals surface area (Å²) in [5.74, 6) is -1.32. The fourth-order valence-corrected chi connectivity index (χ4v) is 3.88. The highest BCUT2D eigenvalue weighted by Gasteiger charge is 2.38. The zero-order chi connectivity index (χ0) is 15.5. The molecule has 6 nitrogen and oxygen atoms in total. The van der Waals surface area contributed by atoms with Gasteiger partial charge in [-0.1, -0.05) is 24.3 Å². The van der Waals surface area contributed by atoms with Gasteiger partial charge in [-0.15, -0.1) is 0 Å². The Morgan fingerprint density at radius 3 is 2.67 bits per heavy atom. The summed E-state index contributed by atoms with van der Waals surface area (Å²) in [4.78, 5) is 11.4. The SMILES string of the molecule is CCOCCS(=O)(=O)N1Cc2ccccc2C[C@@H]1C(=O)O. The van der Waals surface area contributed by atoms with Crippen LogP contribution in [-0.4, -0.2) is 48.8 Å². The molecule has 1 aliphatic rings. The van der Waals surface area contributed by atoms with E-state index in [2.05, 4.69) is 0 Å². The van der Waals surface area contributed by atoms with E-state index in [4.69, 9.17) is 4.74 Å². The van der Waals surface area contributed by atoms with Gasteiger partial charge in [0, 0.05) is 19.6 Å². The summed E-state index contributed by atoms with van der Waals surface area (Å²) in [6.07, 6.45) is 0.194. The summed E-state index contributed by atoms with van der Waals surface area (Å²) < 4.78 is 30.9. The predicted molar refractivity (Wildman–Crippen MR) is 77.4 cm³/mol. The van der Waals surface area contributed by atoms with Gasteiger partial charge in [0.2, 0.25) is 10.0 Å². The van der Waals surface area contributed by atoms with E-state index in [1.165, 1.54) is 0 Å². The molecule has 0 radical (unpaired) electrons. The molecule has 0 saturated heterocycles. The van der Waals surface area contributed by atoms with E-state index in [1.54, 1.807) is 6.92 Å². The third-order valence-electron chi connectivity index (χ3n) is 3.54. The highest BCUT2D eigenvalue weighted by atomic mass is 32.2. The minimum Gasteiger partial charge on any atom is -0.480 e. The molecule has 1 aromatic carbocycles. The van der Waals surface area contributed by atoms with Crippen LogP contribution < -0.4 is 0 Å². The third-order valence-corrected chi connectivity index (χ3v) is 5.32. The van der Waals surface area contributed by atoms with E-state index in [9.17, 15) is 18.3 Å². The maximum Gasteiger partial charge on any atom is 0.322 e. The molecule has 0 spiro atoms. The van der Waals surface area contributed by atoms with Gasteiger partial charge >= 0.3 is 5.97 Å². The fraction of sp³-hybridized carbons (Fsp3) is 0.500. The Kier molecular flexibility index (Phi) is 4.97. The van der Waals surface area contributed by atoms with E-state index >= 15 is 0 Å². The lowest BCUT2D eigenvalue weighted by atomic mass is 9.96. The Morgan fingerprint density at radius 1 is 1.38 bits per heavy atom. The van der Waals surface area contributed by atoms with Crippen LogP contribution in [0.4, 0.5) is 0 Å². The van der Waals surface area contributed by atoms with E-state index in [1.807, 2.05) is 24.3 Å². The average Bonchev–Trinajstić information content (AvgIpc) is 2.46. The van der Waals surface area contributed by atoms with Gasteiger partial charge < -0.3 is 9.84 Å². The molecule has 0 fully saturated rings. The van der Waals surface area contributed by atoms with Gasteiger partial charge in [0.1, 0.15) is 6.04 Å². The fourth-order valence-electron chi connectivity index (χ4n) is 2.43. The third kappa shape index (κ3) is 3.61. The number of carboxylic acid groups (broad SMARTS) is 1. The van der Waals surface area contributed by atoms with Crippen LogP contribution in [0.2, 0.25) is 0 Å². The Hall–Kier alpha value is -1.44. The first-order valence-electron chi connectivity index (χ1n) is 6.82. The largest absolute Gasteiger partial charge is 0.480 e. The van der Waals surface area contributed by atoms with Crippen molar-refractivity contribution in [2.75, 3.05) is 19.0 Å². The molecule has 2 rings (SSSR count). The van der Waals surface area contributed by atoms with Crippen molar-refractivity contribution >= 4 is 16.0 Å². The molecule has 0 aliphatic carbocycles. The summed E-state index contributed by atoms with van der Waals surface area (Å²) in [5, 5.41) is 9.33. The minimum absolute atomic E-state index is 0.0727. The van der Waals surface area contributed by atoms with Gasteiger partial charge in [-0.3, -0.25) is 4.79 Å². The number of ether oxygens (including phenoxy) is 1. The standard InChI is InChI=1S/C14H19NO5S/c1-2-20-7-8-21(18,19)15-10-12-6-4-3-5-11(12)9-13(15)14(16)17/h3-6,13H,2,7-10H2,1H3,(H,16,17)/t13-/m1/s1. The molecule has 1 aliphatic heterocycles. The Bertz CT molecular complexity index is 614. The summed E-state index contributed by atoms with van der Waals surface area (Å²) in [6.45, 7) is 2.38. The number of carboxylic acids is 1. The van der Waals surface area contributed by atoms with Gasteiger partial charge in [0.05, 0.1) is 12.4 Å². The first-order chi connectivity index (χ1) is 9.95. The van der Waals surface area contributed by atoms with Crippen molar-refractivity contribution < 1.29 is 23.1 Å². The van der Waals surface area contributed by atoms with Gasteiger partial charge in [0.25, 0.3) is 0 Å². The van der Waals surface area contributed by atoms with Crippen LogP contribution >= 0.6 is 0 Å². The van der Waals surface area contributed by atoms with Crippen molar-refractivity contribution in [3.8, 4) is 0 Å². The molecule has 7 heteroatoms. The molecule has 0 bridgehead atoms. The van der Waals surface area contributed by atoms with Crippen molar-refractivity contribution in [1.82, 2.24) is 4.31 Å². The number of carbonyl (C=O) groups is 1. The molecular weight excluding hydrogens is 294 g/mol. The van der Waals surface area contributed by atoms with Gasteiger partial charge in [0.15, 0.2) is 0 Å².